The molecule has 0 saturated carbocycles. The molecule has 0 saturated heterocycles. The lowest BCUT2D eigenvalue weighted by Gasteiger charge is -2.08. The van der Waals surface area contributed by atoms with Gasteiger partial charge in [0.1, 0.15) is 11.4 Å². The third kappa shape index (κ3) is 3.18. The first-order valence-corrected chi connectivity index (χ1v) is 8.01. The number of fused-ring (bicyclic) bond motifs is 1. The van der Waals surface area contributed by atoms with Crippen molar-refractivity contribution < 1.29 is 9.59 Å². The van der Waals surface area contributed by atoms with Crippen LogP contribution in [0.4, 0.5) is 5.69 Å². The van der Waals surface area contributed by atoms with Crippen LogP contribution in [-0.2, 0) is 11.3 Å². The Labute approximate surface area is 141 Å². The van der Waals surface area contributed by atoms with Crippen LogP contribution in [0, 0.1) is 0 Å². The summed E-state index contributed by atoms with van der Waals surface area (Å²) in [6, 6.07) is 8.25. The molecule has 24 heavy (non-hydrogen) atoms. The highest BCUT2D eigenvalue weighted by Gasteiger charge is 2.10. The minimum atomic E-state index is -0.373. The van der Waals surface area contributed by atoms with Crippen LogP contribution in [0.5, 0.6) is 0 Å². The molecule has 0 aliphatic heterocycles. The normalized spacial score (nSPS) is 10.5. The van der Waals surface area contributed by atoms with Crippen molar-refractivity contribution in [3.8, 4) is 0 Å². The van der Waals surface area contributed by atoms with E-state index in [0.29, 0.717) is 21.5 Å². The van der Waals surface area contributed by atoms with Crippen molar-refractivity contribution in [2.45, 2.75) is 6.54 Å². The Hall–Kier alpha value is -3.00. The standard InChI is InChI=1S/C16H14N4O3S/c1-17-14(22)10-3-2-4-11(7-10)19-13(21)8-20-9-18-15-12(16(20)23)5-6-24-15/h2-7,9H,8H2,1H3,(H,17,22)(H,19,21). The highest BCUT2D eigenvalue weighted by Crippen LogP contribution is 2.13. The second-order valence-electron chi connectivity index (χ2n) is 5.03. The number of aromatic nitrogens is 2. The summed E-state index contributed by atoms with van der Waals surface area (Å²) in [5, 5.41) is 7.48. The zero-order valence-corrected chi connectivity index (χ0v) is 13.6. The number of carbonyl (C=O) groups is 2. The molecule has 2 N–H and O–H groups in total. The van der Waals surface area contributed by atoms with Crippen LogP contribution in [0.1, 0.15) is 10.4 Å². The lowest BCUT2D eigenvalue weighted by atomic mass is 10.2. The molecule has 2 heterocycles. The molecule has 0 unspecified atom stereocenters. The molecule has 2 amide bonds. The number of benzene rings is 1. The molecular formula is C16H14N4O3S. The number of nitrogens with zero attached hydrogens (tertiary/aromatic N) is 2. The molecule has 0 fully saturated rings. The average Bonchev–Trinajstić information content (AvgIpc) is 3.06. The fourth-order valence-corrected chi connectivity index (χ4v) is 2.97. The summed E-state index contributed by atoms with van der Waals surface area (Å²) >= 11 is 1.38. The van der Waals surface area contributed by atoms with Gasteiger partial charge in [-0.05, 0) is 29.6 Å². The van der Waals surface area contributed by atoms with E-state index >= 15 is 0 Å². The second kappa shape index (κ2) is 6.63. The second-order valence-corrected chi connectivity index (χ2v) is 5.92. The lowest BCUT2D eigenvalue weighted by Crippen LogP contribution is -2.27. The fraction of sp³-hybridized carbons (Fsp3) is 0.125. The van der Waals surface area contributed by atoms with E-state index in [2.05, 4.69) is 15.6 Å². The molecule has 0 atom stereocenters. The van der Waals surface area contributed by atoms with E-state index in [1.54, 1.807) is 35.7 Å². The first kappa shape index (κ1) is 15.9. The molecule has 3 aromatic rings. The molecular weight excluding hydrogens is 328 g/mol. The number of anilines is 1. The van der Waals surface area contributed by atoms with Gasteiger partial charge in [-0.2, -0.15) is 0 Å². The van der Waals surface area contributed by atoms with Crippen molar-refractivity contribution >= 4 is 39.1 Å². The number of nitrogens with one attached hydrogen (secondary N) is 2. The minimum Gasteiger partial charge on any atom is -0.355 e. The van der Waals surface area contributed by atoms with Gasteiger partial charge in [-0.1, -0.05) is 6.07 Å². The van der Waals surface area contributed by atoms with E-state index < -0.39 is 0 Å². The topological polar surface area (TPSA) is 93.1 Å². The molecule has 122 valence electrons. The molecule has 0 bridgehead atoms. The highest BCUT2D eigenvalue weighted by atomic mass is 32.1. The monoisotopic (exact) mass is 342 g/mol. The van der Waals surface area contributed by atoms with Crippen LogP contribution < -0.4 is 16.2 Å². The van der Waals surface area contributed by atoms with Crippen molar-refractivity contribution in [2.75, 3.05) is 12.4 Å². The van der Waals surface area contributed by atoms with Crippen LogP contribution in [0.15, 0.2) is 46.8 Å². The molecule has 8 heteroatoms. The fourth-order valence-electron chi connectivity index (χ4n) is 2.24. The van der Waals surface area contributed by atoms with Crippen molar-refractivity contribution in [1.29, 1.82) is 0 Å². The number of carbonyl (C=O) groups excluding carboxylic acids is 2. The molecule has 2 aromatic heterocycles. The van der Waals surface area contributed by atoms with E-state index in [1.165, 1.54) is 29.3 Å². The smallest absolute Gasteiger partial charge is 0.262 e. The third-order valence-corrected chi connectivity index (χ3v) is 4.22. The van der Waals surface area contributed by atoms with Gasteiger partial charge in [0, 0.05) is 18.3 Å². The van der Waals surface area contributed by atoms with Gasteiger partial charge in [-0.15, -0.1) is 11.3 Å². The molecule has 0 aliphatic carbocycles. The van der Waals surface area contributed by atoms with E-state index in [-0.39, 0.29) is 23.9 Å². The Bertz CT molecular complexity index is 977. The Morgan fingerprint density at radius 2 is 2.12 bits per heavy atom. The van der Waals surface area contributed by atoms with Gasteiger partial charge in [0.05, 0.1) is 11.7 Å². The van der Waals surface area contributed by atoms with Crippen LogP contribution in [0.2, 0.25) is 0 Å². The SMILES string of the molecule is CNC(=O)c1cccc(NC(=O)Cn2cnc3sccc3c2=O)c1. The molecule has 0 aliphatic rings. The summed E-state index contributed by atoms with van der Waals surface area (Å²) in [7, 11) is 1.54. The predicted molar refractivity (Wildman–Crippen MR) is 92.3 cm³/mol. The van der Waals surface area contributed by atoms with Gasteiger partial charge in [-0.25, -0.2) is 4.98 Å². The molecule has 1 aromatic carbocycles. The van der Waals surface area contributed by atoms with E-state index in [1.807, 2.05) is 0 Å². The van der Waals surface area contributed by atoms with E-state index in [4.69, 9.17) is 0 Å². The molecule has 0 spiro atoms. The van der Waals surface area contributed by atoms with Gasteiger partial charge in [-0.3, -0.25) is 19.0 Å². The Morgan fingerprint density at radius 3 is 2.92 bits per heavy atom. The number of hydrogen-bond acceptors (Lipinski definition) is 5. The molecule has 7 nitrogen and oxygen atoms in total. The van der Waals surface area contributed by atoms with Crippen LogP contribution in [0.3, 0.4) is 0 Å². The van der Waals surface area contributed by atoms with Gasteiger partial charge in [0.2, 0.25) is 5.91 Å². The summed E-state index contributed by atoms with van der Waals surface area (Å²) in [5.74, 6) is -0.614. The van der Waals surface area contributed by atoms with Gasteiger partial charge in [0.15, 0.2) is 0 Å². The first-order chi connectivity index (χ1) is 11.6. The zero-order chi connectivity index (χ0) is 17.1. The third-order valence-electron chi connectivity index (χ3n) is 3.40. The first-order valence-electron chi connectivity index (χ1n) is 7.13. The van der Waals surface area contributed by atoms with Crippen molar-refractivity contribution in [2.24, 2.45) is 0 Å². The number of rotatable bonds is 4. The summed E-state index contributed by atoms with van der Waals surface area (Å²) in [6.07, 6.45) is 1.36. The summed E-state index contributed by atoms with van der Waals surface area (Å²) in [5.41, 5.74) is 0.669. The van der Waals surface area contributed by atoms with E-state index in [0.717, 1.165) is 0 Å². The maximum Gasteiger partial charge on any atom is 0.262 e. The van der Waals surface area contributed by atoms with Crippen LogP contribution >= 0.6 is 11.3 Å². The average molecular weight is 342 g/mol. The maximum absolute atomic E-state index is 12.3. The van der Waals surface area contributed by atoms with Crippen molar-refractivity contribution in [1.82, 2.24) is 14.9 Å². The minimum absolute atomic E-state index is 0.151. The maximum atomic E-state index is 12.3. The predicted octanol–water partition coefficient (Wildman–Crippen LogP) is 1.46. The van der Waals surface area contributed by atoms with Gasteiger partial charge < -0.3 is 10.6 Å². The Balaban J connectivity index is 1.76. The quantitative estimate of drug-likeness (QED) is 0.751. The van der Waals surface area contributed by atoms with Crippen LogP contribution in [-0.4, -0.2) is 28.4 Å². The summed E-state index contributed by atoms with van der Waals surface area (Å²) in [4.78, 5) is 40.8. The van der Waals surface area contributed by atoms with Crippen molar-refractivity contribution in [3.63, 3.8) is 0 Å². The zero-order valence-electron chi connectivity index (χ0n) is 12.8. The highest BCUT2D eigenvalue weighted by molar-refractivity contribution is 7.16. The van der Waals surface area contributed by atoms with Crippen molar-refractivity contribution in [3.05, 3.63) is 58.0 Å². The number of thiophene rings is 1. The van der Waals surface area contributed by atoms with Gasteiger partial charge in [0.25, 0.3) is 11.5 Å². The number of amides is 2. The van der Waals surface area contributed by atoms with Gasteiger partial charge >= 0.3 is 0 Å². The molecule has 3 rings (SSSR count). The van der Waals surface area contributed by atoms with Crippen LogP contribution in [0.25, 0.3) is 10.2 Å². The summed E-state index contributed by atoms with van der Waals surface area (Å²) in [6.45, 7) is -0.151. The Morgan fingerprint density at radius 1 is 1.29 bits per heavy atom. The van der Waals surface area contributed by atoms with E-state index in [9.17, 15) is 14.4 Å². The summed E-state index contributed by atoms with van der Waals surface area (Å²) < 4.78 is 1.26. The largest absolute Gasteiger partial charge is 0.355 e. The number of hydrogen-bond donors (Lipinski definition) is 2. The molecule has 0 radical (unpaired) electrons. The Kier molecular flexibility index (Phi) is 4.39. The lowest BCUT2D eigenvalue weighted by molar-refractivity contribution is -0.116.